The third-order valence-electron chi connectivity index (χ3n) is 1.98. The van der Waals surface area contributed by atoms with Gasteiger partial charge in [0, 0.05) is 5.56 Å². The molecule has 6 heteroatoms. The van der Waals surface area contributed by atoms with Crippen molar-refractivity contribution in [1.82, 2.24) is 0 Å². The normalized spacial score (nSPS) is 18.6. The largest absolute Gasteiger partial charge is 0.496 e. The number of rotatable bonds is 2. The highest BCUT2D eigenvalue weighted by Crippen LogP contribution is 2.22. The van der Waals surface area contributed by atoms with Gasteiger partial charge in [0.15, 0.2) is 0 Å². The predicted octanol–water partition coefficient (Wildman–Crippen LogP) is 0.759. The van der Waals surface area contributed by atoms with Crippen molar-refractivity contribution in [3.63, 3.8) is 0 Å². The van der Waals surface area contributed by atoms with E-state index in [4.69, 9.17) is 4.74 Å². The molecule has 0 unspecified atom stereocenters. The molecular formula is C9H9NO4S. The molecule has 1 aliphatic heterocycles. The van der Waals surface area contributed by atoms with Crippen LogP contribution in [0.4, 0.5) is 0 Å². The Bertz CT molecular complexity index is 507. The number of para-hydroxylation sites is 1. The van der Waals surface area contributed by atoms with Crippen LogP contribution in [-0.4, -0.2) is 27.8 Å². The van der Waals surface area contributed by atoms with Crippen molar-refractivity contribution < 1.29 is 17.3 Å². The van der Waals surface area contributed by atoms with Crippen molar-refractivity contribution in [3.8, 4) is 5.75 Å². The van der Waals surface area contributed by atoms with Gasteiger partial charge in [-0.15, -0.1) is 4.40 Å². The topological polar surface area (TPSA) is 65.0 Å². The Hall–Kier alpha value is -1.40. The van der Waals surface area contributed by atoms with Crippen molar-refractivity contribution in [2.45, 2.75) is 0 Å². The fraction of sp³-hybridized carbons (Fsp3) is 0.222. The highest BCUT2D eigenvalue weighted by atomic mass is 32.2. The predicted molar refractivity (Wildman–Crippen MR) is 54.4 cm³/mol. The van der Waals surface area contributed by atoms with E-state index in [2.05, 4.69) is 8.58 Å². The van der Waals surface area contributed by atoms with Crippen LogP contribution in [0.15, 0.2) is 28.7 Å². The molecule has 0 radical (unpaired) electrons. The van der Waals surface area contributed by atoms with Gasteiger partial charge >= 0.3 is 10.3 Å². The minimum Gasteiger partial charge on any atom is -0.496 e. The second kappa shape index (κ2) is 3.63. The van der Waals surface area contributed by atoms with E-state index in [1.807, 2.05) is 0 Å². The van der Waals surface area contributed by atoms with Gasteiger partial charge in [0.25, 0.3) is 0 Å². The van der Waals surface area contributed by atoms with Crippen LogP contribution in [0, 0.1) is 0 Å². The molecule has 0 saturated heterocycles. The van der Waals surface area contributed by atoms with E-state index in [0.29, 0.717) is 17.0 Å². The van der Waals surface area contributed by atoms with Gasteiger partial charge in [-0.25, -0.2) is 4.18 Å². The maximum atomic E-state index is 11.0. The summed E-state index contributed by atoms with van der Waals surface area (Å²) in [4.78, 5) is 0. The Balaban J connectivity index is 2.47. The highest BCUT2D eigenvalue weighted by Gasteiger charge is 2.23. The molecule has 1 aromatic rings. The summed E-state index contributed by atoms with van der Waals surface area (Å²) in [6.07, 6.45) is 0. The zero-order chi connectivity index (χ0) is 10.9. The molecule has 1 aliphatic rings. The van der Waals surface area contributed by atoms with Crippen LogP contribution >= 0.6 is 0 Å². The van der Waals surface area contributed by atoms with Crippen molar-refractivity contribution in [1.29, 1.82) is 0 Å². The highest BCUT2D eigenvalue weighted by molar-refractivity contribution is 7.85. The van der Waals surface area contributed by atoms with E-state index in [1.54, 1.807) is 24.3 Å². The fourth-order valence-electron chi connectivity index (χ4n) is 1.33. The lowest BCUT2D eigenvalue weighted by molar-refractivity contribution is 0.381. The number of ether oxygens (including phenoxy) is 1. The average molecular weight is 227 g/mol. The summed E-state index contributed by atoms with van der Waals surface area (Å²) in [5, 5.41) is 0. The third-order valence-corrected chi connectivity index (χ3v) is 2.84. The molecule has 15 heavy (non-hydrogen) atoms. The van der Waals surface area contributed by atoms with Gasteiger partial charge in [-0.1, -0.05) is 12.1 Å². The van der Waals surface area contributed by atoms with Crippen LogP contribution in [0.3, 0.4) is 0 Å². The summed E-state index contributed by atoms with van der Waals surface area (Å²) in [6, 6.07) is 7.06. The van der Waals surface area contributed by atoms with Crippen molar-refractivity contribution in [2.24, 2.45) is 4.40 Å². The Morgan fingerprint density at radius 1 is 1.40 bits per heavy atom. The standard InChI is InChI=1S/C9H9NO4S/c1-13-9-5-3-2-4-7(9)8-6-14-15(11,12)10-8/h2-5H,6H2,1H3. The van der Waals surface area contributed by atoms with E-state index in [0.717, 1.165) is 0 Å². The maximum Gasteiger partial charge on any atom is 0.381 e. The molecule has 5 nitrogen and oxygen atoms in total. The van der Waals surface area contributed by atoms with Gasteiger partial charge in [0.2, 0.25) is 0 Å². The Kier molecular flexibility index (Phi) is 2.45. The molecule has 0 aromatic heterocycles. The molecule has 80 valence electrons. The number of methoxy groups -OCH3 is 1. The van der Waals surface area contributed by atoms with E-state index >= 15 is 0 Å². The molecule has 0 aliphatic carbocycles. The van der Waals surface area contributed by atoms with E-state index in [1.165, 1.54) is 7.11 Å². The van der Waals surface area contributed by atoms with E-state index in [9.17, 15) is 8.42 Å². The van der Waals surface area contributed by atoms with Crippen molar-refractivity contribution in [2.75, 3.05) is 13.7 Å². The first kappa shape index (κ1) is 10.1. The van der Waals surface area contributed by atoms with Gasteiger partial charge in [-0.2, -0.15) is 8.42 Å². The van der Waals surface area contributed by atoms with Crippen molar-refractivity contribution in [3.05, 3.63) is 29.8 Å². The second-order valence-corrected chi connectivity index (χ2v) is 4.20. The van der Waals surface area contributed by atoms with Crippen LogP contribution in [0.5, 0.6) is 5.75 Å². The maximum absolute atomic E-state index is 11.0. The molecule has 2 rings (SSSR count). The number of hydrogen-bond acceptors (Lipinski definition) is 4. The van der Waals surface area contributed by atoms with Gasteiger partial charge in [-0.05, 0) is 12.1 Å². The minimum absolute atomic E-state index is 0.0390. The lowest BCUT2D eigenvalue weighted by atomic mass is 10.1. The summed E-state index contributed by atoms with van der Waals surface area (Å²) >= 11 is 0. The first-order chi connectivity index (χ1) is 7.12. The number of benzene rings is 1. The smallest absolute Gasteiger partial charge is 0.381 e. The van der Waals surface area contributed by atoms with Crippen LogP contribution in [0.25, 0.3) is 0 Å². The average Bonchev–Trinajstić information content (AvgIpc) is 2.59. The summed E-state index contributed by atoms with van der Waals surface area (Å²) in [6.45, 7) is -0.0390. The second-order valence-electron chi connectivity index (χ2n) is 2.93. The molecule has 0 atom stereocenters. The third kappa shape index (κ3) is 2.00. The summed E-state index contributed by atoms with van der Waals surface area (Å²) in [5.41, 5.74) is 1.01. The lowest BCUT2D eigenvalue weighted by Crippen LogP contribution is -2.04. The molecule has 0 N–H and O–H groups in total. The number of nitrogens with zero attached hydrogens (tertiary/aromatic N) is 1. The van der Waals surface area contributed by atoms with Crippen LogP contribution in [0.1, 0.15) is 5.56 Å². The fourth-order valence-corrected chi connectivity index (χ4v) is 2.06. The van der Waals surface area contributed by atoms with E-state index in [-0.39, 0.29) is 6.61 Å². The zero-order valence-electron chi connectivity index (χ0n) is 8.00. The van der Waals surface area contributed by atoms with Crippen molar-refractivity contribution >= 4 is 16.0 Å². The van der Waals surface area contributed by atoms with Crippen LogP contribution in [0.2, 0.25) is 0 Å². The molecule has 0 bridgehead atoms. The molecule has 0 saturated carbocycles. The van der Waals surface area contributed by atoms with Crippen LogP contribution in [-0.2, 0) is 14.5 Å². The van der Waals surface area contributed by atoms with Gasteiger partial charge < -0.3 is 4.74 Å². The molecular weight excluding hydrogens is 218 g/mol. The molecule has 0 spiro atoms. The monoisotopic (exact) mass is 227 g/mol. The molecule has 1 aromatic carbocycles. The Morgan fingerprint density at radius 3 is 2.73 bits per heavy atom. The van der Waals surface area contributed by atoms with E-state index < -0.39 is 10.3 Å². The van der Waals surface area contributed by atoms with Gasteiger partial charge in [0.05, 0.1) is 12.8 Å². The molecule has 1 heterocycles. The minimum atomic E-state index is -3.74. The Labute approximate surface area is 87.6 Å². The summed E-state index contributed by atoms with van der Waals surface area (Å²) < 4.78 is 35.0. The SMILES string of the molecule is COc1ccccc1C1=NS(=O)(=O)OC1. The first-order valence-corrected chi connectivity index (χ1v) is 5.60. The molecule has 0 amide bonds. The van der Waals surface area contributed by atoms with Gasteiger partial charge in [-0.3, -0.25) is 0 Å². The molecule has 0 fully saturated rings. The first-order valence-electron chi connectivity index (χ1n) is 4.24. The number of hydrogen-bond donors (Lipinski definition) is 0. The summed E-state index contributed by atoms with van der Waals surface area (Å²) in [5.74, 6) is 0.581. The summed E-state index contributed by atoms with van der Waals surface area (Å²) in [7, 11) is -2.22. The quantitative estimate of drug-likeness (QED) is 0.748. The van der Waals surface area contributed by atoms with Gasteiger partial charge in [0.1, 0.15) is 12.4 Å². The van der Waals surface area contributed by atoms with Crippen LogP contribution < -0.4 is 4.74 Å². The zero-order valence-corrected chi connectivity index (χ0v) is 8.82. The Morgan fingerprint density at radius 2 is 2.13 bits per heavy atom. The lowest BCUT2D eigenvalue weighted by Gasteiger charge is -2.05.